The van der Waals surface area contributed by atoms with Crippen molar-refractivity contribution in [2.45, 2.75) is 18.7 Å². The summed E-state index contributed by atoms with van der Waals surface area (Å²) in [4.78, 5) is 29.1. The van der Waals surface area contributed by atoms with Gasteiger partial charge in [0.15, 0.2) is 0 Å². The number of pyridine rings is 1. The molecule has 11 heteroatoms. The van der Waals surface area contributed by atoms with E-state index in [1.165, 1.54) is 41.1 Å². The number of nitrogens with one attached hydrogen (secondary N) is 2. The van der Waals surface area contributed by atoms with Crippen LogP contribution < -0.4 is 15.6 Å². The van der Waals surface area contributed by atoms with Gasteiger partial charge < -0.3 is 9.84 Å². The molecule has 2 N–H and O–H groups in total. The summed E-state index contributed by atoms with van der Waals surface area (Å²) >= 11 is 0. The van der Waals surface area contributed by atoms with E-state index in [1.54, 1.807) is 32.0 Å². The largest absolute Gasteiger partial charge is 0.337 e. The van der Waals surface area contributed by atoms with Crippen LogP contribution in [0.2, 0.25) is 0 Å². The molecule has 4 rings (SSSR count). The average molecular weight is 439 g/mol. The van der Waals surface area contributed by atoms with E-state index in [1.807, 2.05) is 0 Å². The maximum atomic E-state index is 12.5. The highest BCUT2D eigenvalue weighted by Crippen LogP contribution is 2.22. The number of carbonyl (C=O) groups excluding carboxylic acids is 1. The lowest BCUT2D eigenvalue weighted by Crippen LogP contribution is -2.26. The zero-order valence-electron chi connectivity index (χ0n) is 16.5. The summed E-state index contributed by atoms with van der Waals surface area (Å²) in [6.07, 6.45) is 2.73. The fourth-order valence-electron chi connectivity index (χ4n) is 2.79. The standard InChI is InChI=1S/C20H17N5O5S/c1-12-13(2)23-30-19(12)24-31(28,29)15-8-6-14(7-9-15)22-18(26)16-11-21-17-5-3-4-10-25(17)20(16)27/h3-11,24H,1-2H3,(H,22,26). The molecule has 3 heterocycles. The van der Waals surface area contributed by atoms with Crippen LogP contribution in [0.15, 0.2) is 69.1 Å². The molecule has 0 spiro atoms. The minimum absolute atomic E-state index is 0.0357. The van der Waals surface area contributed by atoms with Gasteiger partial charge in [0.2, 0.25) is 5.88 Å². The second-order valence-corrected chi connectivity index (χ2v) is 8.39. The van der Waals surface area contributed by atoms with Gasteiger partial charge in [-0.25, -0.2) is 18.1 Å². The maximum Gasteiger partial charge on any atom is 0.270 e. The molecule has 31 heavy (non-hydrogen) atoms. The lowest BCUT2D eigenvalue weighted by Gasteiger charge is -2.08. The van der Waals surface area contributed by atoms with Crippen molar-refractivity contribution in [3.8, 4) is 0 Å². The third-order valence-electron chi connectivity index (χ3n) is 4.66. The van der Waals surface area contributed by atoms with E-state index in [2.05, 4.69) is 20.2 Å². The number of rotatable bonds is 5. The Bertz CT molecular complexity index is 1460. The zero-order chi connectivity index (χ0) is 22.2. The molecule has 0 unspecified atom stereocenters. The van der Waals surface area contributed by atoms with Crippen LogP contribution in [0.1, 0.15) is 21.6 Å². The number of amides is 1. The quantitative estimate of drug-likeness (QED) is 0.487. The molecule has 0 atom stereocenters. The van der Waals surface area contributed by atoms with Crippen molar-refractivity contribution < 1.29 is 17.7 Å². The fraction of sp³-hybridized carbons (Fsp3) is 0.100. The Labute approximate surface area is 176 Å². The Morgan fingerprint density at radius 1 is 1.10 bits per heavy atom. The highest BCUT2D eigenvalue weighted by Gasteiger charge is 2.19. The number of benzene rings is 1. The SMILES string of the molecule is Cc1noc(NS(=O)(=O)c2ccc(NC(=O)c3cnc4ccccn4c3=O)cc2)c1C. The molecule has 158 valence electrons. The van der Waals surface area contributed by atoms with Crippen LogP contribution in [-0.4, -0.2) is 28.9 Å². The summed E-state index contributed by atoms with van der Waals surface area (Å²) in [5, 5.41) is 6.28. The van der Waals surface area contributed by atoms with Crippen LogP contribution in [0.3, 0.4) is 0 Å². The van der Waals surface area contributed by atoms with Crippen molar-refractivity contribution in [3.05, 3.63) is 82.0 Å². The Morgan fingerprint density at radius 3 is 2.52 bits per heavy atom. The van der Waals surface area contributed by atoms with Crippen LogP contribution >= 0.6 is 0 Å². The van der Waals surface area contributed by atoms with Crippen LogP contribution in [0.4, 0.5) is 11.6 Å². The predicted octanol–water partition coefficient (Wildman–Crippen LogP) is 2.35. The van der Waals surface area contributed by atoms with E-state index < -0.39 is 21.5 Å². The number of carbonyl (C=O) groups is 1. The Balaban J connectivity index is 1.53. The van der Waals surface area contributed by atoms with Crippen molar-refractivity contribution in [3.63, 3.8) is 0 Å². The molecular formula is C20H17N5O5S. The second-order valence-electron chi connectivity index (χ2n) is 6.71. The molecule has 0 saturated heterocycles. The van der Waals surface area contributed by atoms with Crippen LogP contribution in [0, 0.1) is 13.8 Å². The molecule has 0 aliphatic heterocycles. The number of anilines is 2. The first kappa shape index (κ1) is 20.3. The van der Waals surface area contributed by atoms with Gasteiger partial charge in [-0.1, -0.05) is 11.2 Å². The van der Waals surface area contributed by atoms with Crippen molar-refractivity contribution in [1.82, 2.24) is 14.5 Å². The highest BCUT2D eigenvalue weighted by atomic mass is 32.2. The topological polar surface area (TPSA) is 136 Å². The first-order valence-corrected chi connectivity index (χ1v) is 10.6. The van der Waals surface area contributed by atoms with Crippen LogP contribution in [0.25, 0.3) is 5.65 Å². The number of sulfonamides is 1. The Kier molecular flexibility index (Phi) is 5.03. The molecule has 0 radical (unpaired) electrons. The molecular weight excluding hydrogens is 422 g/mol. The van der Waals surface area contributed by atoms with E-state index in [0.29, 0.717) is 22.6 Å². The van der Waals surface area contributed by atoms with Gasteiger partial charge in [-0.05, 0) is 50.2 Å². The molecule has 4 aromatic rings. The molecule has 0 fully saturated rings. The fourth-order valence-corrected chi connectivity index (χ4v) is 3.84. The average Bonchev–Trinajstić information content (AvgIpc) is 3.06. The number of aryl methyl sites for hydroxylation is 1. The third-order valence-corrected chi connectivity index (χ3v) is 6.01. The van der Waals surface area contributed by atoms with Gasteiger partial charge in [-0.2, -0.15) is 0 Å². The van der Waals surface area contributed by atoms with Crippen molar-refractivity contribution in [2.24, 2.45) is 0 Å². The number of fused-ring (bicyclic) bond motifs is 1. The van der Waals surface area contributed by atoms with Crippen LogP contribution in [-0.2, 0) is 10.0 Å². The van der Waals surface area contributed by atoms with Gasteiger partial charge in [0, 0.05) is 23.6 Å². The minimum atomic E-state index is -3.91. The van der Waals surface area contributed by atoms with E-state index in [9.17, 15) is 18.0 Å². The van der Waals surface area contributed by atoms with Gasteiger partial charge in [0.1, 0.15) is 11.2 Å². The maximum absolute atomic E-state index is 12.5. The van der Waals surface area contributed by atoms with Crippen molar-refractivity contribution in [2.75, 3.05) is 10.0 Å². The van der Waals surface area contributed by atoms with Gasteiger partial charge in [-0.15, -0.1) is 0 Å². The van der Waals surface area contributed by atoms with E-state index >= 15 is 0 Å². The van der Waals surface area contributed by atoms with Crippen molar-refractivity contribution in [1.29, 1.82) is 0 Å². The summed E-state index contributed by atoms with van der Waals surface area (Å²) in [7, 11) is -3.91. The van der Waals surface area contributed by atoms with E-state index in [0.717, 1.165) is 0 Å². The smallest absolute Gasteiger partial charge is 0.270 e. The first-order chi connectivity index (χ1) is 14.8. The van der Waals surface area contributed by atoms with Crippen molar-refractivity contribution >= 4 is 33.1 Å². The Hall–Kier alpha value is -3.99. The number of nitrogens with zero attached hydrogens (tertiary/aromatic N) is 3. The molecule has 0 saturated carbocycles. The molecule has 1 aromatic carbocycles. The second kappa shape index (κ2) is 7.69. The molecule has 0 bridgehead atoms. The normalized spacial score (nSPS) is 11.4. The zero-order valence-corrected chi connectivity index (χ0v) is 17.3. The minimum Gasteiger partial charge on any atom is -0.337 e. The third kappa shape index (κ3) is 3.90. The van der Waals surface area contributed by atoms with E-state index in [-0.39, 0.29) is 16.3 Å². The summed E-state index contributed by atoms with van der Waals surface area (Å²) in [5.74, 6) is -0.614. The summed E-state index contributed by atoms with van der Waals surface area (Å²) in [6.45, 7) is 3.39. The summed E-state index contributed by atoms with van der Waals surface area (Å²) < 4.78 is 33.7. The lowest BCUT2D eigenvalue weighted by molar-refractivity contribution is 0.102. The molecule has 1 amide bonds. The van der Waals surface area contributed by atoms with Gasteiger partial charge in [-0.3, -0.25) is 14.0 Å². The molecule has 3 aromatic heterocycles. The van der Waals surface area contributed by atoms with Gasteiger partial charge in [0.05, 0.1) is 10.6 Å². The lowest BCUT2D eigenvalue weighted by atomic mass is 10.2. The number of hydrogen-bond acceptors (Lipinski definition) is 7. The molecule has 10 nitrogen and oxygen atoms in total. The van der Waals surface area contributed by atoms with Gasteiger partial charge >= 0.3 is 0 Å². The molecule has 0 aliphatic carbocycles. The predicted molar refractivity (Wildman–Crippen MR) is 113 cm³/mol. The van der Waals surface area contributed by atoms with Crippen LogP contribution in [0.5, 0.6) is 0 Å². The van der Waals surface area contributed by atoms with Gasteiger partial charge in [0.25, 0.3) is 21.5 Å². The Morgan fingerprint density at radius 2 is 1.84 bits per heavy atom. The summed E-state index contributed by atoms with van der Waals surface area (Å²) in [5.41, 5.74) is 1.25. The first-order valence-electron chi connectivity index (χ1n) is 9.10. The number of aromatic nitrogens is 3. The molecule has 0 aliphatic rings. The monoisotopic (exact) mass is 439 g/mol. The number of hydrogen-bond donors (Lipinski definition) is 2. The highest BCUT2D eigenvalue weighted by molar-refractivity contribution is 7.92. The van der Waals surface area contributed by atoms with E-state index in [4.69, 9.17) is 4.52 Å². The summed E-state index contributed by atoms with van der Waals surface area (Å²) in [6, 6.07) is 10.5.